The smallest absolute Gasteiger partial charge is 0.272 e. The van der Waals surface area contributed by atoms with Crippen LogP contribution in [0.15, 0.2) is 30.5 Å². The first-order valence-electron chi connectivity index (χ1n) is 9.47. The first-order chi connectivity index (χ1) is 12.6. The summed E-state index contributed by atoms with van der Waals surface area (Å²) >= 11 is 0. The minimum absolute atomic E-state index is 0. The lowest BCUT2D eigenvalue weighted by atomic mass is 9.80. The number of nitrogens with zero attached hydrogens (tertiary/aromatic N) is 2. The van der Waals surface area contributed by atoms with E-state index < -0.39 is 0 Å². The SMILES string of the molecule is CC1CCc2c(F)cccc2C1NC(=O)c1ccn(C2CCCNC2)n1.Cl. The van der Waals surface area contributed by atoms with E-state index in [2.05, 4.69) is 22.7 Å². The zero-order valence-electron chi connectivity index (χ0n) is 15.5. The van der Waals surface area contributed by atoms with Crippen LogP contribution in [0.2, 0.25) is 0 Å². The Labute approximate surface area is 165 Å². The number of piperidine rings is 1. The summed E-state index contributed by atoms with van der Waals surface area (Å²) in [5, 5.41) is 10.9. The second-order valence-electron chi connectivity index (χ2n) is 7.46. The molecule has 0 spiro atoms. The molecule has 1 amide bonds. The van der Waals surface area contributed by atoms with E-state index in [-0.39, 0.29) is 36.1 Å². The molecule has 4 rings (SSSR count). The Balaban J connectivity index is 0.00000210. The van der Waals surface area contributed by atoms with E-state index in [9.17, 15) is 9.18 Å². The fourth-order valence-electron chi connectivity index (χ4n) is 4.13. The number of amides is 1. The van der Waals surface area contributed by atoms with E-state index in [0.29, 0.717) is 11.7 Å². The van der Waals surface area contributed by atoms with Crippen molar-refractivity contribution in [3.8, 4) is 0 Å². The quantitative estimate of drug-likeness (QED) is 0.841. The van der Waals surface area contributed by atoms with Crippen molar-refractivity contribution in [1.82, 2.24) is 20.4 Å². The monoisotopic (exact) mass is 392 g/mol. The summed E-state index contributed by atoms with van der Waals surface area (Å²) < 4.78 is 16.0. The number of carbonyl (C=O) groups excluding carboxylic acids is 1. The first kappa shape index (κ1) is 19.8. The Morgan fingerprint density at radius 3 is 2.96 bits per heavy atom. The molecule has 1 fully saturated rings. The Morgan fingerprint density at radius 1 is 1.33 bits per heavy atom. The third-order valence-corrected chi connectivity index (χ3v) is 5.68. The molecule has 1 aromatic heterocycles. The molecule has 146 valence electrons. The number of fused-ring (bicyclic) bond motifs is 1. The van der Waals surface area contributed by atoms with E-state index in [0.717, 1.165) is 49.9 Å². The Morgan fingerprint density at radius 2 is 2.19 bits per heavy atom. The standard InChI is InChI=1S/C20H25FN4O.ClH/c1-13-7-8-15-16(5-2-6-17(15)21)19(13)23-20(26)18-9-11-25(24-18)14-4-3-10-22-12-14;/h2,5-6,9,11,13-14,19,22H,3-4,7-8,10,12H2,1H3,(H,23,26);1H. The molecule has 3 unspecified atom stereocenters. The topological polar surface area (TPSA) is 59.0 Å². The molecule has 2 aromatic rings. The summed E-state index contributed by atoms with van der Waals surface area (Å²) in [6, 6.07) is 7.02. The van der Waals surface area contributed by atoms with E-state index in [1.165, 1.54) is 6.07 Å². The van der Waals surface area contributed by atoms with Gasteiger partial charge in [0.2, 0.25) is 0 Å². The fraction of sp³-hybridized carbons (Fsp3) is 0.500. The number of rotatable bonds is 3. The van der Waals surface area contributed by atoms with Gasteiger partial charge in [0, 0.05) is 12.7 Å². The molecule has 1 aliphatic heterocycles. The number of benzene rings is 1. The molecule has 1 aliphatic carbocycles. The van der Waals surface area contributed by atoms with Gasteiger partial charge in [-0.1, -0.05) is 19.1 Å². The summed E-state index contributed by atoms with van der Waals surface area (Å²) in [5.74, 6) is -0.109. The maximum absolute atomic E-state index is 14.1. The van der Waals surface area contributed by atoms with Gasteiger partial charge in [0.05, 0.1) is 12.1 Å². The average molecular weight is 393 g/mol. The maximum Gasteiger partial charge on any atom is 0.272 e. The molecule has 2 N–H and O–H groups in total. The van der Waals surface area contributed by atoms with Crippen molar-refractivity contribution in [2.45, 2.75) is 44.7 Å². The van der Waals surface area contributed by atoms with Crippen molar-refractivity contribution in [3.63, 3.8) is 0 Å². The van der Waals surface area contributed by atoms with Crippen molar-refractivity contribution in [2.24, 2.45) is 5.92 Å². The first-order valence-corrected chi connectivity index (χ1v) is 9.47. The summed E-state index contributed by atoms with van der Waals surface area (Å²) in [4.78, 5) is 12.8. The lowest BCUT2D eigenvalue weighted by Crippen LogP contribution is -2.36. The number of carbonyl (C=O) groups is 1. The summed E-state index contributed by atoms with van der Waals surface area (Å²) in [6.07, 6.45) is 5.65. The van der Waals surface area contributed by atoms with Crippen LogP contribution < -0.4 is 10.6 Å². The van der Waals surface area contributed by atoms with Crippen LogP contribution in [0.4, 0.5) is 4.39 Å². The molecule has 0 bridgehead atoms. The normalized spacial score (nSPS) is 24.6. The molecule has 1 saturated heterocycles. The second kappa shape index (κ2) is 8.40. The van der Waals surface area contributed by atoms with E-state index >= 15 is 0 Å². The highest BCUT2D eigenvalue weighted by molar-refractivity contribution is 5.92. The predicted octanol–water partition coefficient (Wildman–Crippen LogP) is 3.42. The predicted molar refractivity (Wildman–Crippen MR) is 105 cm³/mol. The van der Waals surface area contributed by atoms with Gasteiger partial charge < -0.3 is 10.6 Å². The van der Waals surface area contributed by atoms with Gasteiger partial charge in [-0.25, -0.2) is 4.39 Å². The minimum Gasteiger partial charge on any atom is -0.344 e. The van der Waals surface area contributed by atoms with Gasteiger partial charge in [-0.3, -0.25) is 9.48 Å². The van der Waals surface area contributed by atoms with Crippen LogP contribution in [-0.4, -0.2) is 28.8 Å². The van der Waals surface area contributed by atoms with Crippen molar-refractivity contribution < 1.29 is 9.18 Å². The highest BCUT2D eigenvalue weighted by Gasteiger charge is 2.30. The molecule has 0 saturated carbocycles. The number of nitrogens with one attached hydrogen (secondary N) is 2. The molecule has 27 heavy (non-hydrogen) atoms. The van der Waals surface area contributed by atoms with E-state index in [4.69, 9.17) is 0 Å². The maximum atomic E-state index is 14.1. The van der Waals surface area contributed by atoms with Crippen molar-refractivity contribution >= 4 is 18.3 Å². The number of hydrogen-bond donors (Lipinski definition) is 2. The molecule has 1 aromatic carbocycles. The summed E-state index contributed by atoms with van der Waals surface area (Å²) in [7, 11) is 0. The van der Waals surface area contributed by atoms with Gasteiger partial charge in [0.25, 0.3) is 5.91 Å². The lowest BCUT2D eigenvalue weighted by molar-refractivity contribution is 0.0912. The third kappa shape index (κ3) is 4.01. The number of halogens is 2. The van der Waals surface area contributed by atoms with Gasteiger partial charge in [-0.15, -0.1) is 12.4 Å². The van der Waals surface area contributed by atoms with Gasteiger partial charge in [0.1, 0.15) is 11.5 Å². The molecule has 5 nitrogen and oxygen atoms in total. The van der Waals surface area contributed by atoms with Crippen molar-refractivity contribution in [2.75, 3.05) is 13.1 Å². The van der Waals surface area contributed by atoms with Crippen LogP contribution in [0.1, 0.15) is 59.9 Å². The summed E-state index contributed by atoms with van der Waals surface area (Å²) in [6.45, 7) is 4.03. The van der Waals surface area contributed by atoms with Crippen LogP contribution in [0, 0.1) is 11.7 Å². The third-order valence-electron chi connectivity index (χ3n) is 5.68. The zero-order chi connectivity index (χ0) is 18.1. The fourth-order valence-corrected chi connectivity index (χ4v) is 4.13. The Hall–Kier alpha value is -1.92. The van der Waals surface area contributed by atoms with E-state index in [1.54, 1.807) is 12.1 Å². The molecular weight excluding hydrogens is 367 g/mol. The number of hydrogen-bond acceptors (Lipinski definition) is 3. The molecule has 7 heteroatoms. The highest BCUT2D eigenvalue weighted by atomic mass is 35.5. The van der Waals surface area contributed by atoms with Crippen LogP contribution >= 0.6 is 12.4 Å². The van der Waals surface area contributed by atoms with Gasteiger partial charge in [0.15, 0.2) is 0 Å². The molecular formula is C20H26ClFN4O. The van der Waals surface area contributed by atoms with Crippen molar-refractivity contribution in [1.29, 1.82) is 0 Å². The largest absolute Gasteiger partial charge is 0.344 e. The van der Waals surface area contributed by atoms with Gasteiger partial charge >= 0.3 is 0 Å². The van der Waals surface area contributed by atoms with Crippen LogP contribution in [0.5, 0.6) is 0 Å². The zero-order valence-corrected chi connectivity index (χ0v) is 16.3. The van der Waals surface area contributed by atoms with Crippen LogP contribution in [0.3, 0.4) is 0 Å². The number of aromatic nitrogens is 2. The lowest BCUT2D eigenvalue weighted by Gasteiger charge is -2.32. The minimum atomic E-state index is -0.193. The highest BCUT2D eigenvalue weighted by Crippen LogP contribution is 2.35. The second-order valence-corrected chi connectivity index (χ2v) is 7.46. The Bertz CT molecular complexity index is 803. The van der Waals surface area contributed by atoms with Crippen LogP contribution in [-0.2, 0) is 6.42 Å². The van der Waals surface area contributed by atoms with E-state index in [1.807, 2.05) is 16.9 Å². The molecule has 3 atom stereocenters. The molecule has 2 heterocycles. The van der Waals surface area contributed by atoms with Gasteiger partial charge in [-0.2, -0.15) is 5.10 Å². The Kier molecular flexibility index (Phi) is 6.17. The molecule has 2 aliphatic rings. The van der Waals surface area contributed by atoms with Gasteiger partial charge in [-0.05, 0) is 61.4 Å². The molecule has 0 radical (unpaired) electrons. The van der Waals surface area contributed by atoms with Crippen molar-refractivity contribution in [3.05, 3.63) is 53.1 Å². The summed E-state index contributed by atoms with van der Waals surface area (Å²) in [5.41, 5.74) is 2.05. The average Bonchev–Trinajstić information content (AvgIpc) is 3.15. The van der Waals surface area contributed by atoms with Crippen LogP contribution in [0.25, 0.3) is 0 Å².